The first-order valence-electron chi connectivity index (χ1n) is 10.3. The summed E-state index contributed by atoms with van der Waals surface area (Å²) >= 11 is 0. The van der Waals surface area contributed by atoms with Gasteiger partial charge in [0.2, 0.25) is 17.7 Å². The van der Waals surface area contributed by atoms with Crippen molar-refractivity contribution >= 4 is 11.6 Å². The quantitative estimate of drug-likeness (QED) is 0.310. The summed E-state index contributed by atoms with van der Waals surface area (Å²) in [5.41, 5.74) is -3.71. The summed E-state index contributed by atoms with van der Waals surface area (Å²) in [7, 11) is 0. The molecule has 0 saturated heterocycles. The molecule has 3 heterocycles. The third-order valence-electron chi connectivity index (χ3n) is 5.03. The molecule has 0 N–H and O–H groups in total. The highest BCUT2D eigenvalue weighted by atomic mass is 19.4. The summed E-state index contributed by atoms with van der Waals surface area (Å²) in [6.07, 6.45) is -8.13. The van der Waals surface area contributed by atoms with Gasteiger partial charge in [-0.3, -0.25) is 14.8 Å². The topological polar surface area (TPSA) is 85.0 Å². The second-order valence-corrected chi connectivity index (χ2v) is 7.59. The van der Waals surface area contributed by atoms with Crippen LogP contribution < -0.4 is 4.90 Å². The summed E-state index contributed by atoms with van der Waals surface area (Å²) < 4.78 is 98.5. The van der Waals surface area contributed by atoms with Crippen LogP contribution in [0, 0.1) is 5.82 Å². The molecule has 0 saturated carbocycles. The van der Waals surface area contributed by atoms with E-state index in [1.807, 2.05) is 0 Å². The third-order valence-corrected chi connectivity index (χ3v) is 5.03. The zero-order chi connectivity index (χ0) is 26.8. The average Bonchev–Trinajstić information content (AvgIpc) is 3.31. The molecule has 0 spiro atoms. The number of amides is 1. The van der Waals surface area contributed by atoms with Gasteiger partial charge < -0.3 is 9.32 Å². The Bertz CT molecular complexity index is 1390. The van der Waals surface area contributed by atoms with E-state index < -0.39 is 53.9 Å². The Morgan fingerprint density at radius 2 is 1.68 bits per heavy atom. The van der Waals surface area contributed by atoms with Crippen molar-refractivity contribution in [1.29, 1.82) is 0 Å². The van der Waals surface area contributed by atoms with E-state index in [1.165, 1.54) is 24.5 Å². The fraction of sp³-hybridized carbons (Fsp3) is 0.174. The van der Waals surface area contributed by atoms with Crippen molar-refractivity contribution in [3.05, 3.63) is 89.6 Å². The van der Waals surface area contributed by atoms with Crippen molar-refractivity contribution < 1.29 is 39.9 Å². The van der Waals surface area contributed by atoms with Crippen LogP contribution >= 0.6 is 0 Å². The van der Waals surface area contributed by atoms with Crippen molar-refractivity contribution in [3.63, 3.8) is 0 Å². The molecule has 0 fully saturated rings. The number of carbonyl (C=O) groups excluding carboxylic acids is 1. The lowest BCUT2D eigenvalue weighted by Crippen LogP contribution is -2.33. The van der Waals surface area contributed by atoms with E-state index in [0.717, 1.165) is 17.0 Å². The van der Waals surface area contributed by atoms with Crippen molar-refractivity contribution in [2.45, 2.75) is 25.3 Å². The Kier molecular flexibility index (Phi) is 6.92. The maximum Gasteiger partial charge on any atom is 0.418 e. The monoisotopic (exact) mass is 525 g/mol. The Morgan fingerprint density at radius 3 is 2.30 bits per heavy atom. The van der Waals surface area contributed by atoms with Crippen LogP contribution in [0.25, 0.3) is 11.5 Å². The molecule has 14 heteroatoms. The lowest BCUT2D eigenvalue weighted by atomic mass is 10.1. The van der Waals surface area contributed by atoms with E-state index in [1.54, 1.807) is 12.1 Å². The van der Waals surface area contributed by atoms with Crippen LogP contribution in [0.2, 0.25) is 0 Å². The van der Waals surface area contributed by atoms with Gasteiger partial charge in [-0.1, -0.05) is 0 Å². The molecule has 1 amide bonds. The molecule has 0 aliphatic heterocycles. The van der Waals surface area contributed by atoms with Crippen LogP contribution in [-0.2, 0) is 30.1 Å². The number of pyridine rings is 2. The Balaban J connectivity index is 1.66. The Hall–Kier alpha value is -4.36. The highest BCUT2D eigenvalue weighted by molar-refractivity contribution is 5.94. The van der Waals surface area contributed by atoms with Crippen molar-refractivity contribution in [1.82, 2.24) is 20.2 Å². The first-order valence-corrected chi connectivity index (χ1v) is 10.3. The van der Waals surface area contributed by atoms with E-state index >= 15 is 0 Å². The van der Waals surface area contributed by atoms with Crippen LogP contribution in [0.3, 0.4) is 0 Å². The maximum absolute atomic E-state index is 13.5. The molecular weight excluding hydrogens is 511 g/mol. The average molecular weight is 525 g/mol. The number of hydrogen-bond acceptors (Lipinski definition) is 6. The van der Waals surface area contributed by atoms with E-state index in [-0.39, 0.29) is 29.7 Å². The number of nitrogens with zero attached hydrogens (tertiary/aromatic N) is 5. The largest absolute Gasteiger partial charge is 0.419 e. The molecule has 192 valence electrons. The predicted octanol–water partition coefficient (Wildman–Crippen LogP) is 5.48. The van der Waals surface area contributed by atoms with Gasteiger partial charge >= 0.3 is 12.4 Å². The van der Waals surface area contributed by atoms with E-state index in [0.29, 0.717) is 5.56 Å². The lowest BCUT2D eigenvalue weighted by Gasteiger charge is -2.22. The number of alkyl halides is 6. The molecule has 0 aliphatic carbocycles. The Labute approximate surface area is 203 Å². The van der Waals surface area contributed by atoms with Crippen molar-refractivity contribution in [2.75, 3.05) is 4.90 Å². The summed E-state index contributed by atoms with van der Waals surface area (Å²) in [6.45, 7) is -0.431. The highest BCUT2D eigenvalue weighted by Gasteiger charge is 2.39. The molecule has 37 heavy (non-hydrogen) atoms. The van der Waals surface area contributed by atoms with Gasteiger partial charge in [-0.15, -0.1) is 10.2 Å². The minimum absolute atomic E-state index is 0.0540. The first-order chi connectivity index (χ1) is 17.4. The fourth-order valence-electron chi connectivity index (χ4n) is 3.28. The molecule has 3 aromatic heterocycles. The zero-order valence-electron chi connectivity index (χ0n) is 18.4. The number of hydrogen-bond donors (Lipinski definition) is 0. The fourth-order valence-corrected chi connectivity index (χ4v) is 3.28. The number of benzene rings is 1. The molecular formula is C23H14F7N5O2. The van der Waals surface area contributed by atoms with Gasteiger partial charge in [0.1, 0.15) is 12.4 Å². The summed E-state index contributed by atoms with van der Waals surface area (Å²) in [6, 6.07) is 7.55. The second-order valence-electron chi connectivity index (χ2n) is 7.59. The normalized spacial score (nSPS) is 12.0. The van der Waals surface area contributed by atoms with Crippen LogP contribution in [0.15, 0.2) is 65.5 Å². The molecule has 0 bridgehead atoms. The Morgan fingerprint density at radius 1 is 0.946 bits per heavy atom. The standard InChI is InChI=1S/C23H14F7N5O2/c24-15-3-5-16(6-4-15)35(12-19-33-34-21(37-19)13-2-1-7-31-10-13)20(36)9-18-17(23(28,29)30)8-14(11-32-18)22(25,26)27/h1-8,10-11H,9,12H2. The molecule has 1 aromatic carbocycles. The van der Waals surface area contributed by atoms with Gasteiger partial charge in [-0.25, -0.2) is 4.39 Å². The third kappa shape index (κ3) is 6.08. The van der Waals surface area contributed by atoms with Crippen LogP contribution in [0.1, 0.15) is 22.7 Å². The lowest BCUT2D eigenvalue weighted by molar-refractivity contribution is -0.143. The van der Waals surface area contributed by atoms with Gasteiger partial charge in [0.25, 0.3) is 0 Å². The summed E-state index contributed by atoms with van der Waals surface area (Å²) in [5.74, 6) is -1.70. The number of carbonyl (C=O) groups is 1. The number of aromatic nitrogens is 4. The van der Waals surface area contributed by atoms with E-state index in [9.17, 15) is 35.5 Å². The van der Waals surface area contributed by atoms with Crippen LogP contribution in [-0.4, -0.2) is 26.1 Å². The number of halogens is 7. The van der Waals surface area contributed by atoms with E-state index in [2.05, 4.69) is 20.2 Å². The minimum atomic E-state index is -5.21. The maximum atomic E-state index is 13.5. The predicted molar refractivity (Wildman–Crippen MR) is 113 cm³/mol. The molecule has 0 unspecified atom stereocenters. The smallest absolute Gasteiger partial charge is 0.418 e. The SMILES string of the molecule is O=C(Cc1ncc(C(F)(F)F)cc1C(F)(F)F)N(Cc1nnc(-c2cccnc2)o1)c1ccc(F)cc1. The zero-order valence-corrected chi connectivity index (χ0v) is 18.4. The molecule has 0 atom stereocenters. The molecule has 0 aliphatic rings. The first kappa shape index (κ1) is 25.7. The summed E-state index contributed by atoms with van der Waals surface area (Å²) in [4.78, 5) is 21.3. The molecule has 0 radical (unpaired) electrons. The highest BCUT2D eigenvalue weighted by Crippen LogP contribution is 2.36. The van der Waals surface area contributed by atoms with Gasteiger partial charge in [0, 0.05) is 24.3 Å². The van der Waals surface area contributed by atoms with Gasteiger partial charge in [0.05, 0.1) is 28.8 Å². The molecule has 7 nitrogen and oxygen atoms in total. The van der Waals surface area contributed by atoms with Gasteiger partial charge in [-0.05, 0) is 42.5 Å². The molecule has 4 aromatic rings. The van der Waals surface area contributed by atoms with Crippen LogP contribution in [0.5, 0.6) is 0 Å². The number of rotatable bonds is 6. The molecule has 4 rings (SSSR count). The van der Waals surface area contributed by atoms with Crippen molar-refractivity contribution in [2.24, 2.45) is 0 Å². The van der Waals surface area contributed by atoms with Gasteiger partial charge in [-0.2, -0.15) is 26.3 Å². The van der Waals surface area contributed by atoms with E-state index in [4.69, 9.17) is 4.42 Å². The van der Waals surface area contributed by atoms with Gasteiger partial charge in [0.15, 0.2) is 0 Å². The summed E-state index contributed by atoms with van der Waals surface area (Å²) in [5, 5.41) is 7.67. The minimum Gasteiger partial charge on any atom is -0.419 e. The second kappa shape index (κ2) is 9.95. The number of anilines is 1. The van der Waals surface area contributed by atoms with Crippen molar-refractivity contribution in [3.8, 4) is 11.5 Å². The van der Waals surface area contributed by atoms with Crippen LogP contribution in [0.4, 0.5) is 36.4 Å².